The number of nitrogens with one attached hydrogen (secondary N) is 2. The third-order valence-corrected chi connectivity index (χ3v) is 4.18. The highest BCUT2D eigenvalue weighted by Gasteiger charge is 2.39. The van der Waals surface area contributed by atoms with Crippen molar-refractivity contribution in [1.29, 1.82) is 0 Å². The van der Waals surface area contributed by atoms with Crippen molar-refractivity contribution in [3.63, 3.8) is 0 Å². The predicted octanol–water partition coefficient (Wildman–Crippen LogP) is 1.65. The van der Waals surface area contributed by atoms with Crippen LogP contribution in [-0.2, 0) is 17.8 Å². The fourth-order valence-corrected chi connectivity index (χ4v) is 2.70. The number of hydrogen-bond acceptors (Lipinski definition) is 3. The lowest BCUT2D eigenvalue weighted by molar-refractivity contribution is -0.130. The van der Waals surface area contributed by atoms with E-state index in [1.165, 1.54) is 5.56 Å². The van der Waals surface area contributed by atoms with E-state index in [0.29, 0.717) is 6.54 Å². The van der Waals surface area contributed by atoms with Crippen LogP contribution >= 0.6 is 0 Å². The summed E-state index contributed by atoms with van der Waals surface area (Å²) in [6.45, 7) is 6.45. The van der Waals surface area contributed by atoms with Crippen molar-refractivity contribution in [2.45, 2.75) is 39.7 Å². The van der Waals surface area contributed by atoms with Gasteiger partial charge in [-0.3, -0.25) is 9.78 Å². The van der Waals surface area contributed by atoms with E-state index in [2.05, 4.69) is 35.5 Å². The van der Waals surface area contributed by atoms with Crippen LogP contribution < -0.4 is 10.6 Å². The molecule has 0 radical (unpaired) electrons. The Bertz CT molecular complexity index is 439. The molecule has 0 saturated carbocycles. The van der Waals surface area contributed by atoms with E-state index in [9.17, 15) is 4.79 Å². The first-order valence-corrected chi connectivity index (χ1v) is 7.13. The standard InChI is InChI=1S/C15H23N3O/c1-3-12-6-5-8-17-13(12)10-18-14(19)15(4-2)7-9-16-11-15/h5-6,8,16H,3-4,7,9-11H2,1-2H3,(H,18,19). The van der Waals surface area contributed by atoms with Crippen LogP contribution in [0, 0.1) is 5.41 Å². The molecule has 104 valence electrons. The molecule has 4 nitrogen and oxygen atoms in total. The van der Waals surface area contributed by atoms with Gasteiger partial charge in [0.2, 0.25) is 5.91 Å². The van der Waals surface area contributed by atoms with E-state index < -0.39 is 0 Å². The maximum absolute atomic E-state index is 12.4. The summed E-state index contributed by atoms with van der Waals surface area (Å²) in [6.07, 6.45) is 4.54. The predicted molar refractivity (Wildman–Crippen MR) is 75.7 cm³/mol. The molecule has 1 unspecified atom stereocenters. The number of rotatable bonds is 5. The number of aromatic nitrogens is 1. The van der Waals surface area contributed by atoms with Gasteiger partial charge < -0.3 is 10.6 Å². The second kappa shape index (κ2) is 6.15. The van der Waals surface area contributed by atoms with Crippen LogP contribution in [0.3, 0.4) is 0 Å². The third-order valence-electron chi connectivity index (χ3n) is 4.18. The first-order valence-electron chi connectivity index (χ1n) is 7.13. The summed E-state index contributed by atoms with van der Waals surface area (Å²) in [7, 11) is 0. The van der Waals surface area contributed by atoms with Crippen LogP contribution in [0.15, 0.2) is 18.3 Å². The molecular weight excluding hydrogens is 238 g/mol. The van der Waals surface area contributed by atoms with E-state index in [-0.39, 0.29) is 11.3 Å². The molecule has 0 aromatic carbocycles. The molecule has 19 heavy (non-hydrogen) atoms. The van der Waals surface area contributed by atoms with Gasteiger partial charge in [-0.1, -0.05) is 19.9 Å². The minimum absolute atomic E-state index is 0.160. The molecule has 1 atom stereocenters. The normalized spacial score (nSPS) is 22.4. The quantitative estimate of drug-likeness (QED) is 0.847. The van der Waals surface area contributed by atoms with Gasteiger partial charge in [0.05, 0.1) is 17.7 Å². The van der Waals surface area contributed by atoms with E-state index in [0.717, 1.165) is 38.0 Å². The van der Waals surface area contributed by atoms with Crippen LogP contribution in [0.1, 0.15) is 37.9 Å². The van der Waals surface area contributed by atoms with Gasteiger partial charge in [0, 0.05) is 12.7 Å². The number of amides is 1. The second-order valence-corrected chi connectivity index (χ2v) is 5.21. The van der Waals surface area contributed by atoms with Gasteiger partial charge in [-0.2, -0.15) is 0 Å². The van der Waals surface area contributed by atoms with E-state index in [4.69, 9.17) is 0 Å². The number of carbonyl (C=O) groups excluding carboxylic acids is 1. The van der Waals surface area contributed by atoms with E-state index >= 15 is 0 Å². The molecule has 1 saturated heterocycles. The molecule has 0 bridgehead atoms. The first-order chi connectivity index (χ1) is 9.22. The Morgan fingerprint density at radius 1 is 1.53 bits per heavy atom. The number of nitrogens with zero attached hydrogens (tertiary/aromatic N) is 1. The van der Waals surface area contributed by atoms with Crippen molar-refractivity contribution < 1.29 is 4.79 Å². The summed E-state index contributed by atoms with van der Waals surface area (Å²) < 4.78 is 0. The van der Waals surface area contributed by atoms with Crippen molar-refractivity contribution in [3.8, 4) is 0 Å². The smallest absolute Gasteiger partial charge is 0.227 e. The summed E-state index contributed by atoms with van der Waals surface area (Å²) in [6, 6.07) is 4.01. The molecule has 1 aliphatic heterocycles. The Morgan fingerprint density at radius 3 is 3.00 bits per heavy atom. The highest BCUT2D eigenvalue weighted by Crippen LogP contribution is 2.29. The van der Waals surface area contributed by atoms with Gasteiger partial charge in [-0.05, 0) is 37.4 Å². The van der Waals surface area contributed by atoms with Crippen molar-refractivity contribution in [1.82, 2.24) is 15.6 Å². The van der Waals surface area contributed by atoms with Crippen molar-refractivity contribution in [2.75, 3.05) is 13.1 Å². The highest BCUT2D eigenvalue weighted by molar-refractivity contribution is 5.83. The van der Waals surface area contributed by atoms with Crippen LogP contribution in [0.25, 0.3) is 0 Å². The SMILES string of the molecule is CCc1cccnc1CNC(=O)C1(CC)CCNC1. The molecule has 2 heterocycles. The van der Waals surface area contributed by atoms with Crippen molar-refractivity contribution in [2.24, 2.45) is 5.41 Å². The van der Waals surface area contributed by atoms with E-state index in [1.807, 2.05) is 6.07 Å². The Morgan fingerprint density at radius 2 is 2.37 bits per heavy atom. The number of hydrogen-bond donors (Lipinski definition) is 2. The number of pyridine rings is 1. The fourth-order valence-electron chi connectivity index (χ4n) is 2.70. The summed E-state index contributed by atoms with van der Waals surface area (Å²) in [4.78, 5) is 16.8. The van der Waals surface area contributed by atoms with Gasteiger partial charge in [0.25, 0.3) is 0 Å². The van der Waals surface area contributed by atoms with Crippen LogP contribution in [0.5, 0.6) is 0 Å². The van der Waals surface area contributed by atoms with Crippen LogP contribution in [0.2, 0.25) is 0 Å². The van der Waals surface area contributed by atoms with Gasteiger partial charge in [-0.25, -0.2) is 0 Å². The monoisotopic (exact) mass is 261 g/mol. The minimum Gasteiger partial charge on any atom is -0.350 e. The number of carbonyl (C=O) groups is 1. The lowest BCUT2D eigenvalue weighted by atomic mass is 9.83. The lowest BCUT2D eigenvalue weighted by Crippen LogP contribution is -2.42. The maximum atomic E-state index is 12.4. The summed E-state index contributed by atoms with van der Waals surface area (Å²) in [5.41, 5.74) is 1.97. The molecule has 1 aliphatic rings. The van der Waals surface area contributed by atoms with Gasteiger partial charge in [0.15, 0.2) is 0 Å². The molecular formula is C15H23N3O. The molecule has 1 aromatic rings. The average molecular weight is 261 g/mol. The molecule has 4 heteroatoms. The lowest BCUT2D eigenvalue weighted by Gasteiger charge is -2.25. The zero-order valence-corrected chi connectivity index (χ0v) is 11.8. The topological polar surface area (TPSA) is 54.0 Å². The highest BCUT2D eigenvalue weighted by atomic mass is 16.2. The molecule has 0 aliphatic carbocycles. The summed E-state index contributed by atoms with van der Waals surface area (Å²) in [5, 5.41) is 6.36. The third kappa shape index (κ3) is 2.95. The molecule has 2 rings (SSSR count). The van der Waals surface area contributed by atoms with E-state index in [1.54, 1.807) is 6.20 Å². The number of aryl methyl sites for hydroxylation is 1. The molecule has 1 fully saturated rings. The Hall–Kier alpha value is -1.42. The largest absolute Gasteiger partial charge is 0.350 e. The molecule has 1 aromatic heterocycles. The molecule has 0 spiro atoms. The Balaban J connectivity index is 2.00. The fraction of sp³-hybridized carbons (Fsp3) is 0.600. The summed E-state index contributed by atoms with van der Waals surface area (Å²) >= 11 is 0. The average Bonchev–Trinajstić information content (AvgIpc) is 2.95. The molecule has 1 amide bonds. The first kappa shape index (κ1) is 14.0. The van der Waals surface area contributed by atoms with Crippen molar-refractivity contribution in [3.05, 3.63) is 29.6 Å². The zero-order chi connectivity index (χ0) is 13.7. The summed E-state index contributed by atoms with van der Waals surface area (Å²) in [5.74, 6) is 0.160. The van der Waals surface area contributed by atoms with Crippen molar-refractivity contribution >= 4 is 5.91 Å². The molecule has 2 N–H and O–H groups in total. The van der Waals surface area contributed by atoms with Crippen LogP contribution in [0.4, 0.5) is 0 Å². The van der Waals surface area contributed by atoms with Crippen LogP contribution in [-0.4, -0.2) is 24.0 Å². The second-order valence-electron chi connectivity index (χ2n) is 5.21. The van der Waals surface area contributed by atoms with Gasteiger partial charge in [-0.15, -0.1) is 0 Å². The van der Waals surface area contributed by atoms with Gasteiger partial charge >= 0.3 is 0 Å². The Kier molecular flexibility index (Phi) is 4.53. The zero-order valence-electron chi connectivity index (χ0n) is 11.8. The maximum Gasteiger partial charge on any atom is 0.227 e. The minimum atomic E-state index is -0.221. The van der Waals surface area contributed by atoms with Gasteiger partial charge in [0.1, 0.15) is 0 Å². The Labute approximate surface area is 115 Å².